The molecule has 0 aliphatic carbocycles. The van der Waals surface area contributed by atoms with Crippen LogP contribution in [0.3, 0.4) is 0 Å². The molecule has 2 aromatic carbocycles. The van der Waals surface area contributed by atoms with E-state index in [2.05, 4.69) is 0 Å². The number of nitro groups is 1. The van der Waals surface area contributed by atoms with Gasteiger partial charge in [0.2, 0.25) is 5.43 Å². The van der Waals surface area contributed by atoms with Crippen LogP contribution in [0, 0.1) is 10.1 Å². The van der Waals surface area contributed by atoms with E-state index in [1.165, 1.54) is 48.5 Å². The van der Waals surface area contributed by atoms with Gasteiger partial charge in [0.1, 0.15) is 5.76 Å². The lowest BCUT2D eigenvalue weighted by atomic mass is 10.1. The summed E-state index contributed by atoms with van der Waals surface area (Å²) in [5.41, 5.74) is -0.368. The zero-order valence-electron chi connectivity index (χ0n) is 11.2. The second-order valence-corrected chi connectivity index (χ2v) is 4.60. The quantitative estimate of drug-likeness (QED) is 0.535. The van der Waals surface area contributed by atoms with Crippen LogP contribution in [0.1, 0.15) is 0 Å². The van der Waals surface area contributed by atoms with Crippen molar-refractivity contribution in [2.75, 3.05) is 0 Å². The van der Waals surface area contributed by atoms with E-state index in [4.69, 9.17) is 4.42 Å². The molecule has 0 N–H and O–H groups in total. The molecule has 6 nitrogen and oxygen atoms in total. The lowest BCUT2D eigenvalue weighted by Gasteiger charge is -2.01. The van der Waals surface area contributed by atoms with E-state index in [1.807, 2.05) is 0 Å². The Bertz CT molecular complexity index is 989. The summed E-state index contributed by atoms with van der Waals surface area (Å²) in [6.45, 7) is 0. The van der Waals surface area contributed by atoms with Crippen LogP contribution in [0.25, 0.3) is 22.3 Å². The fourth-order valence-corrected chi connectivity index (χ4v) is 2.10. The van der Waals surface area contributed by atoms with Crippen LogP contribution in [-0.4, -0.2) is 4.92 Å². The summed E-state index contributed by atoms with van der Waals surface area (Å²) in [6, 6.07) is 12.8. The maximum Gasteiger partial charge on any atom is 0.269 e. The van der Waals surface area contributed by atoms with Crippen LogP contribution in [-0.2, 0) is 0 Å². The Morgan fingerprint density at radius 3 is 2.27 bits per heavy atom. The van der Waals surface area contributed by atoms with Crippen molar-refractivity contribution in [3.05, 3.63) is 85.2 Å². The van der Waals surface area contributed by atoms with Gasteiger partial charge in [-0.15, -0.1) is 0 Å². The molecule has 22 heavy (non-hydrogen) atoms. The molecule has 0 saturated heterocycles. The zero-order valence-corrected chi connectivity index (χ0v) is 11.2. The largest absolute Gasteiger partial charge is 0.452 e. The number of fused-ring (bicyclic) bond motifs is 1. The number of benzene rings is 1. The summed E-state index contributed by atoms with van der Waals surface area (Å²) in [7, 11) is 0. The lowest BCUT2D eigenvalue weighted by molar-refractivity contribution is -0.384. The number of rotatable bonds is 2. The maximum absolute atomic E-state index is 12.1. The van der Waals surface area contributed by atoms with Crippen LogP contribution in [0.4, 0.5) is 5.69 Å². The van der Waals surface area contributed by atoms with Crippen molar-refractivity contribution in [2.24, 2.45) is 0 Å². The standard InChI is InChI=1S/C16H9NO5/c18-13-4-2-1-3-12-14(19)9-15(22-16(12)13)10-5-7-11(8-6-10)17(20)21/h1-9H. The molecule has 1 aromatic heterocycles. The van der Waals surface area contributed by atoms with Crippen molar-refractivity contribution < 1.29 is 9.34 Å². The lowest BCUT2D eigenvalue weighted by Crippen LogP contribution is -2.05. The molecule has 108 valence electrons. The second-order valence-electron chi connectivity index (χ2n) is 4.60. The molecule has 3 rings (SSSR count). The molecule has 0 aliphatic heterocycles. The highest BCUT2D eigenvalue weighted by Crippen LogP contribution is 2.23. The molecule has 0 bridgehead atoms. The first-order chi connectivity index (χ1) is 10.6. The smallest absolute Gasteiger partial charge is 0.269 e. The Balaban J connectivity index is 2.25. The number of hydrogen-bond donors (Lipinski definition) is 0. The van der Waals surface area contributed by atoms with Crippen molar-refractivity contribution in [1.29, 1.82) is 0 Å². The van der Waals surface area contributed by atoms with Gasteiger partial charge in [0.05, 0.1) is 10.3 Å². The topological polar surface area (TPSA) is 90.4 Å². The molecule has 0 atom stereocenters. The van der Waals surface area contributed by atoms with E-state index in [9.17, 15) is 19.7 Å². The fraction of sp³-hybridized carbons (Fsp3) is 0. The highest BCUT2D eigenvalue weighted by atomic mass is 16.6. The predicted molar refractivity (Wildman–Crippen MR) is 80.8 cm³/mol. The van der Waals surface area contributed by atoms with Gasteiger partial charge in [0, 0.05) is 23.8 Å². The molecule has 0 aliphatic rings. The predicted octanol–water partition coefficient (Wildman–Crippen LogP) is 2.73. The van der Waals surface area contributed by atoms with E-state index in [-0.39, 0.29) is 27.8 Å². The Kier molecular flexibility index (Phi) is 3.27. The van der Waals surface area contributed by atoms with Gasteiger partial charge in [-0.25, -0.2) is 0 Å². The molecule has 6 heteroatoms. The van der Waals surface area contributed by atoms with Crippen LogP contribution in [0.15, 0.2) is 68.6 Å². The average Bonchev–Trinajstić information content (AvgIpc) is 2.70. The molecular formula is C16H9NO5. The second kappa shape index (κ2) is 5.25. The first-order valence-electron chi connectivity index (χ1n) is 6.38. The minimum atomic E-state index is -0.518. The van der Waals surface area contributed by atoms with Gasteiger partial charge in [-0.1, -0.05) is 12.1 Å². The molecule has 1 heterocycles. The highest BCUT2D eigenvalue weighted by molar-refractivity contribution is 5.77. The number of nitro benzene ring substituents is 1. The molecule has 0 radical (unpaired) electrons. The summed E-state index contributed by atoms with van der Waals surface area (Å²) in [5.74, 6) is 0.190. The highest BCUT2D eigenvalue weighted by Gasteiger charge is 2.10. The molecule has 0 unspecified atom stereocenters. The Morgan fingerprint density at radius 1 is 0.909 bits per heavy atom. The van der Waals surface area contributed by atoms with Gasteiger partial charge in [-0.05, 0) is 24.3 Å². The fourth-order valence-electron chi connectivity index (χ4n) is 2.10. The third-order valence-electron chi connectivity index (χ3n) is 3.19. The van der Waals surface area contributed by atoms with Crippen molar-refractivity contribution >= 4 is 16.7 Å². The summed E-state index contributed by atoms with van der Waals surface area (Å²) in [5, 5.41) is 10.8. The van der Waals surface area contributed by atoms with E-state index in [0.29, 0.717) is 5.56 Å². The van der Waals surface area contributed by atoms with Gasteiger partial charge in [0.15, 0.2) is 11.0 Å². The van der Waals surface area contributed by atoms with Gasteiger partial charge >= 0.3 is 0 Å². The third-order valence-corrected chi connectivity index (χ3v) is 3.19. The minimum Gasteiger partial charge on any atom is -0.452 e. The SMILES string of the molecule is O=c1cc(-c2ccc([N+](=O)[O-])cc2)oc2c(=O)ccccc12. The van der Waals surface area contributed by atoms with Gasteiger partial charge in [0.25, 0.3) is 5.69 Å². The first-order valence-corrected chi connectivity index (χ1v) is 6.38. The summed E-state index contributed by atoms with van der Waals surface area (Å²) < 4.78 is 5.54. The summed E-state index contributed by atoms with van der Waals surface area (Å²) >= 11 is 0. The Labute approximate surface area is 123 Å². The van der Waals surface area contributed by atoms with E-state index in [1.54, 1.807) is 6.07 Å². The first kappa shape index (κ1) is 13.7. The van der Waals surface area contributed by atoms with Crippen LogP contribution in [0.2, 0.25) is 0 Å². The van der Waals surface area contributed by atoms with Gasteiger partial charge < -0.3 is 4.42 Å². The third kappa shape index (κ3) is 2.37. The van der Waals surface area contributed by atoms with Crippen molar-refractivity contribution in [1.82, 2.24) is 0 Å². The average molecular weight is 295 g/mol. The molecule has 0 saturated carbocycles. The summed E-state index contributed by atoms with van der Waals surface area (Å²) in [4.78, 5) is 34.2. The zero-order chi connectivity index (χ0) is 15.7. The number of hydrogen-bond acceptors (Lipinski definition) is 5. The van der Waals surface area contributed by atoms with Crippen molar-refractivity contribution in [2.45, 2.75) is 0 Å². The number of non-ortho nitro benzene ring substituents is 1. The Hall–Kier alpha value is -3.28. The molecule has 3 aromatic rings. The van der Waals surface area contributed by atoms with Crippen LogP contribution >= 0.6 is 0 Å². The molecular weight excluding hydrogens is 286 g/mol. The van der Waals surface area contributed by atoms with Crippen LogP contribution < -0.4 is 10.9 Å². The van der Waals surface area contributed by atoms with E-state index >= 15 is 0 Å². The van der Waals surface area contributed by atoms with Gasteiger partial charge in [-0.2, -0.15) is 0 Å². The minimum absolute atomic E-state index is 0.0362. The number of nitrogens with zero attached hydrogens (tertiary/aromatic N) is 1. The molecule has 0 fully saturated rings. The molecule has 0 amide bonds. The van der Waals surface area contributed by atoms with E-state index < -0.39 is 10.4 Å². The van der Waals surface area contributed by atoms with Crippen LogP contribution in [0.5, 0.6) is 0 Å². The van der Waals surface area contributed by atoms with Crippen molar-refractivity contribution in [3.63, 3.8) is 0 Å². The van der Waals surface area contributed by atoms with E-state index in [0.717, 1.165) is 0 Å². The maximum atomic E-state index is 12.1. The molecule has 0 spiro atoms. The Morgan fingerprint density at radius 2 is 1.59 bits per heavy atom. The summed E-state index contributed by atoms with van der Waals surface area (Å²) in [6.07, 6.45) is 0. The van der Waals surface area contributed by atoms with Gasteiger partial charge in [-0.3, -0.25) is 19.7 Å². The normalized spacial score (nSPS) is 10.5. The van der Waals surface area contributed by atoms with Crippen molar-refractivity contribution in [3.8, 4) is 11.3 Å². The monoisotopic (exact) mass is 295 g/mol.